The Balaban J connectivity index is 1.43. The molecule has 4 rings (SSSR count). The summed E-state index contributed by atoms with van der Waals surface area (Å²) in [7, 11) is 0. The molecule has 0 unspecified atom stereocenters. The summed E-state index contributed by atoms with van der Waals surface area (Å²) in [5.41, 5.74) is 1.92. The number of carbonyl (C=O) groups excluding carboxylic acids is 2. The monoisotopic (exact) mass is 345 g/mol. The lowest BCUT2D eigenvalue weighted by Crippen LogP contribution is -2.43. The molecule has 128 valence electrons. The number of nitrogens with one attached hydrogen (secondary N) is 1. The van der Waals surface area contributed by atoms with Gasteiger partial charge in [0.25, 0.3) is 5.91 Å². The second-order valence-electron chi connectivity index (χ2n) is 6.79. The summed E-state index contributed by atoms with van der Waals surface area (Å²) < 4.78 is 3.26. The Morgan fingerprint density at radius 2 is 2.00 bits per heavy atom. The van der Waals surface area contributed by atoms with Crippen LogP contribution in [0, 0.1) is 5.92 Å². The highest BCUT2D eigenvalue weighted by molar-refractivity contribution is 7.17. The minimum Gasteiger partial charge on any atom is -0.353 e. The van der Waals surface area contributed by atoms with Crippen LogP contribution in [0.4, 0.5) is 0 Å². The van der Waals surface area contributed by atoms with Crippen molar-refractivity contribution in [2.45, 2.75) is 45.2 Å². The van der Waals surface area contributed by atoms with Crippen molar-refractivity contribution in [3.8, 4) is 0 Å². The SMILES string of the molecule is CCn1c(C(=O)N2CCC(C(=O)NC3CC3)CC2)cc2sccc21. The van der Waals surface area contributed by atoms with Gasteiger partial charge in [0.15, 0.2) is 0 Å². The van der Waals surface area contributed by atoms with Crippen LogP contribution in [-0.2, 0) is 11.3 Å². The lowest BCUT2D eigenvalue weighted by atomic mass is 9.95. The van der Waals surface area contributed by atoms with E-state index in [-0.39, 0.29) is 17.7 Å². The molecule has 1 saturated heterocycles. The summed E-state index contributed by atoms with van der Waals surface area (Å²) in [6.45, 7) is 4.21. The van der Waals surface area contributed by atoms with Crippen LogP contribution in [0.3, 0.4) is 0 Å². The predicted octanol–water partition coefficient (Wildman–Crippen LogP) is 2.85. The second-order valence-corrected chi connectivity index (χ2v) is 7.74. The molecule has 0 spiro atoms. The molecule has 1 saturated carbocycles. The van der Waals surface area contributed by atoms with Gasteiger partial charge in [-0.3, -0.25) is 9.59 Å². The first-order valence-electron chi connectivity index (χ1n) is 8.83. The molecule has 1 aliphatic heterocycles. The summed E-state index contributed by atoms with van der Waals surface area (Å²) in [4.78, 5) is 27.0. The fourth-order valence-corrected chi connectivity index (χ4v) is 4.37. The van der Waals surface area contributed by atoms with Crippen LogP contribution >= 0.6 is 11.3 Å². The number of hydrogen-bond donors (Lipinski definition) is 1. The van der Waals surface area contributed by atoms with E-state index >= 15 is 0 Å². The highest BCUT2D eigenvalue weighted by Crippen LogP contribution is 2.28. The number of aromatic nitrogens is 1. The van der Waals surface area contributed by atoms with E-state index in [1.807, 2.05) is 11.0 Å². The number of likely N-dealkylation sites (tertiary alicyclic amines) is 1. The van der Waals surface area contributed by atoms with Crippen molar-refractivity contribution in [3.05, 3.63) is 23.2 Å². The van der Waals surface area contributed by atoms with E-state index in [1.54, 1.807) is 11.3 Å². The maximum atomic E-state index is 12.9. The van der Waals surface area contributed by atoms with Crippen LogP contribution in [0.15, 0.2) is 17.5 Å². The van der Waals surface area contributed by atoms with E-state index in [0.717, 1.165) is 43.4 Å². The molecule has 2 aromatic rings. The van der Waals surface area contributed by atoms with Crippen LogP contribution in [0.1, 0.15) is 43.1 Å². The Kier molecular flexibility index (Phi) is 4.08. The lowest BCUT2D eigenvalue weighted by molar-refractivity contribution is -0.126. The highest BCUT2D eigenvalue weighted by atomic mass is 32.1. The van der Waals surface area contributed by atoms with E-state index in [2.05, 4.69) is 28.3 Å². The summed E-state index contributed by atoms with van der Waals surface area (Å²) in [6.07, 6.45) is 3.78. The standard InChI is InChI=1S/C18H23N3O2S/c1-2-21-14-7-10-24-16(14)11-15(21)18(23)20-8-5-12(6-9-20)17(22)19-13-3-4-13/h7,10-13H,2-6,8-9H2,1H3,(H,19,22). The number of aryl methyl sites for hydroxylation is 1. The molecule has 2 amide bonds. The number of rotatable bonds is 4. The highest BCUT2D eigenvalue weighted by Gasteiger charge is 2.32. The number of carbonyl (C=O) groups is 2. The van der Waals surface area contributed by atoms with Gasteiger partial charge in [0.05, 0.1) is 10.2 Å². The first kappa shape index (κ1) is 15.7. The van der Waals surface area contributed by atoms with Gasteiger partial charge < -0.3 is 14.8 Å². The quantitative estimate of drug-likeness (QED) is 0.926. The smallest absolute Gasteiger partial charge is 0.270 e. The predicted molar refractivity (Wildman–Crippen MR) is 95.3 cm³/mol. The van der Waals surface area contributed by atoms with Crippen molar-refractivity contribution >= 4 is 33.4 Å². The number of nitrogens with zero attached hydrogens (tertiary/aromatic N) is 2. The molecule has 5 nitrogen and oxygen atoms in total. The first-order valence-corrected chi connectivity index (χ1v) is 9.71. The van der Waals surface area contributed by atoms with E-state index in [1.165, 1.54) is 4.70 Å². The largest absolute Gasteiger partial charge is 0.353 e. The van der Waals surface area contributed by atoms with Gasteiger partial charge in [-0.1, -0.05) is 0 Å². The average molecular weight is 345 g/mol. The molecule has 0 bridgehead atoms. The molecule has 1 N–H and O–H groups in total. The van der Waals surface area contributed by atoms with Crippen LogP contribution in [0.25, 0.3) is 10.2 Å². The van der Waals surface area contributed by atoms with Crippen molar-refractivity contribution < 1.29 is 9.59 Å². The zero-order valence-corrected chi connectivity index (χ0v) is 14.8. The van der Waals surface area contributed by atoms with E-state index in [4.69, 9.17) is 0 Å². The van der Waals surface area contributed by atoms with Gasteiger partial charge in [-0.25, -0.2) is 0 Å². The number of thiophene rings is 1. The van der Waals surface area contributed by atoms with Crippen LogP contribution in [-0.4, -0.2) is 40.4 Å². The molecule has 0 aromatic carbocycles. The molecule has 2 aromatic heterocycles. The maximum absolute atomic E-state index is 12.9. The fourth-order valence-electron chi connectivity index (χ4n) is 3.55. The maximum Gasteiger partial charge on any atom is 0.270 e. The van der Waals surface area contributed by atoms with Gasteiger partial charge in [0.1, 0.15) is 5.69 Å². The van der Waals surface area contributed by atoms with Crippen molar-refractivity contribution in [3.63, 3.8) is 0 Å². The Hall–Kier alpha value is -1.82. The van der Waals surface area contributed by atoms with Crippen molar-refractivity contribution in [1.29, 1.82) is 0 Å². The molecule has 2 aliphatic rings. The van der Waals surface area contributed by atoms with Gasteiger partial charge in [-0.15, -0.1) is 11.3 Å². The van der Waals surface area contributed by atoms with Gasteiger partial charge in [0.2, 0.25) is 5.91 Å². The van der Waals surface area contributed by atoms with E-state index < -0.39 is 0 Å². The normalized spacial score (nSPS) is 19.0. The molecule has 0 radical (unpaired) electrons. The summed E-state index contributed by atoms with van der Waals surface area (Å²) >= 11 is 1.67. The van der Waals surface area contributed by atoms with Crippen molar-refractivity contribution in [1.82, 2.24) is 14.8 Å². The van der Waals surface area contributed by atoms with Crippen LogP contribution in [0.2, 0.25) is 0 Å². The molecule has 24 heavy (non-hydrogen) atoms. The van der Waals surface area contributed by atoms with Crippen molar-refractivity contribution in [2.24, 2.45) is 5.92 Å². The second kappa shape index (κ2) is 6.24. The third-order valence-electron chi connectivity index (χ3n) is 5.13. The lowest BCUT2D eigenvalue weighted by Gasteiger charge is -2.31. The van der Waals surface area contributed by atoms with Gasteiger partial charge in [0, 0.05) is 31.6 Å². The molecule has 1 aliphatic carbocycles. The molecular weight excluding hydrogens is 322 g/mol. The Bertz CT molecular complexity index is 766. The topological polar surface area (TPSA) is 54.3 Å². The molecule has 3 heterocycles. The zero-order chi connectivity index (χ0) is 16.7. The first-order chi connectivity index (χ1) is 11.7. The zero-order valence-electron chi connectivity index (χ0n) is 14.0. The minimum absolute atomic E-state index is 0.0658. The van der Waals surface area contributed by atoms with Gasteiger partial charge >= 0.3 is 0 Å². The molecule has 0 atom stereocenters. The molecular formula is C18H23N3O2S. The van der Waals surface area contributed by atoms with Crippen LogP contribution < -0.4 is 5.32 Å². The Labute approximate surface area is 145 Å². The Morgan fingerprint density at radius 1 is 1.25 bits per heavy atom. The summed E-state index contributed by atoms with van der Waals surface area (Å²) in [5, 5.41) is 5.15. The van der Waals surface area contributed by atoms with Gasteiger partial charge in [-0.05, 0) is 50.1 Å². The minimum atomic E-state index is 0.0658. The fraction of sp³-hybridized carbons (Fsp3) is 0.556. The average Bonchev–Trinajstić information content (AvgIpc) is 3.17. The summed E-state index contributed by atoms with van der Waals surface area (Å²) in [5.74, 6) is 0.347. The van der Waals surface area contributed by atoms with Gasteiger partial charge in [-0.2, -0.15) is 0 Å². The number of hydrogen-bond acceptors (Lipinski definition) is 3. The van der Waals surface area contributed by atoms with E-state index in [0.29, 0.717) is 19.1 Å². The van der Waals surface area contributed by atoms with Crippen LogP contribution in [0.5, 0.6) is 0 Å². The Morgan fingerprint density at radius 3 is 2.67 bits per heavy atom. The van der Waals surface area contributed by atoms with Crippen molar-refractivity contribution in [2.75, 3.05) is 13.1 Å². The number of piperidine rings is 1. The molecule has 6 heteroatoms. The summed E-state index contributed by atoms with van der Waals surface area (Å²) in [6, 6.07) is 4.50. The number of fused-ring (bicyclic) bond motifs is 1. The molecule has 2 fully saturated rings. The third kappa shape index (κ3) is 2.83. The van der Waals surface area contributed by atoms with E-state index in [9.17, 15) is 9.59 Å². The third-order valence-corrected chi connectivity index (χ3v) is 5.99. The number of amides is 2.